The van der Waals surface area contributed by atoms with Gasteiger partial charge in [0, 0.05) is 19.6 Å². The van der Waals surface area contributed by atoms with Crippen LogP contribution in [0.25, 0.3) is 0 Å². The van der Waals surface area contributed by atoms with Crippen molar-refractivity contribution in [2.24, 2.45) is 5.92 Å². The van der Waals surface area contributed by atoms with Crippen molar-refractivity contribution in [3.8, 4) is 0 Å². The van der Waals surface area contributed by atoms with E-state index in [1.807, 2.05) is 12.1 Å². The molecule has 6 heteroatoms. The van der Waals surface area contributed by atoms with Crippen LogP contribution < -0.4 is 10.6 Å². The predicted octanol–water partition coefficient (Wildman–Crippen LogP) is 0.773. The van der Waals surface area contributed by atoms with Crippen LogP contribution >= 0.6 is 12.4 Å². The molecule has 0 radical (unpaired) electrons. The van der Waals surface area contributed by atoms with E-state index in [2.05, 4.69) is 15.4 Å². The van der Waals surface area contributed by atoms with Crippen molar-refractivity contribution in [3.05, 3.63) is 35.4 Å². The Morgan fingerprint density at radius 1 is 1.40 bits per heavy atom. The Labute approximate surface area is 124 Å². The van der Waals surface area contributed by atoms with E-state index in [0.29, 0.717) is 18.5 Å². The normalized spacial score (nSPS) is 13.8. The fourth-order valence-electron chi connectivity index (χ4n) is 1.92. The molecule has 1 aliphatic heterocycles. The number of hydrogen-bond acceptors (Lipinski definition) is 4. The second-order valence-electron chi connectivity index (χ2n) is 4.59. The van der Waals surface area contributed by atoms with Crippen molar-refractivity contribution in [1.82, 2.24) is 10.6 Å². The SMILES string of the molecule is COC(=O)c1cccc(CCNC(=O)C2CNC2)c1.Cl. The van der Waals surface area contributed by atoms with Crippen molar-refractivity contribution in [2.45, 2.75) is 6.42 Å². The molecule has 0 aliphatic carbocycles. The van der Waals surface area contributed by atoms with Gasteiger partial charge >= 0.3 is 5.97 Å². The Morgan fingerprint density at radius 3 is 2.75 bits per heavy atom. The number of ether oxygens (including phenoxy) is 1. The van der Waals surface area contributed by atoms with Gasteiger partial charge in [0.15, 0.2) is 0 Å². The smallest absolute Gasteiger partial charge is 0.337 e. The summed E-state index contributed by atoms with van der Waals surface area (Å²) in [7, 11) is 1.36. The van der Waals surface area contributed by atoms with E-state index in [4.69, 9.17) is 0 Å². The number of rotatable bonds is 5. The van der Waals surface area contributed by atoms with Crippen LogP contribution in [0.15, 0.2) is 24.3 Å². The molecule has 1 saturated heterocycles. The van der Waals surface area contributed by atoms with Crippen LogP contribution in [0.4, 0.5) is 0 Å². The third-order valence-electron chi connectivity index (χ3n) is 3.21. The van der Waals surface area contributed by atoms with E-state index in [1.54, 1.807) is 12.1 Å². The summed E-state index contributed by atoms with van der Waals surface area (Å²) in [5.74, 6) is -0.129. The molecule has 1 aromatic carbocycles. The lowest BCUT2D eigenvalue weighted by molar-refractivity contribution is -0.126. The molecule has 1 fully saturated rings. The summed E-state index contributed by atoms with van der Waals surface area (Å²) in [4.78, 5) is 23.0. The summed E-state index contributed by atoms with van der Waals surface area (Å²) >= 11 is 0. The molecule has 2 N–H and O–H groups in total. The van der Waals surface area contributed by atoms with E-state index < -0.39 is 0 Å². The lowest BCUT2D eigenvalue weighted by Gasteiger charge is -2.25. The van der Waals surface area contributed by atoms with Gasteiger partial charge in [0.1, 0.15) is 0 Å². The maximum Gasteiger partial charge on any atom is 0.337 e. The van der Waals surface area contributed by atoms with E-state index in [-0.39, 0.29) is 30.2 Å². The Kier molecular flexibility index (Phi) is 6.48. The third-order valence-corrected chi connectivity index (χ3v) is 3.21. The van der Waals surface area contributed by atoms with Gasteiger partial charge in [-0.05, 0) is 24.1 Å². The van der Waals surface area contributed by atoms with Gasteiger partial charge in [-0.1, -0.05) is 12.1 Å². The molecule has 5 nitrogen and oxygen atoms in total. The first kappa shape index (κ1) is 16.5. The number of hydrogen-bond donors (Lipinski definition) is 2. The molecule has 0 spiro atoms. The highest BCUT2D eigenvalue weighted by Gasteiger charge is 2.24. The molecule has 0 aromatic heterocycles. The molecule has 1 aromatic rings. The summed E-state index contributed by atoms with van der Waals surface area (Å²) in [5.41, 5.74) is 1.55. The molecule has 0 saturated carbocycles. The Balaban J connectivity index is 0.00000200. The van der Waals surface area contributed by atoms with Crippen LogP contribution in [0.1, 0.15) is 15.9 Å². The standard InChI is InChI=1S/C14H18N2O3.ClH/c1-19-14(18)11-4-2-3-10(7-11)5-6-16-13(17)12-8-15-9-12;/h2-4,7,12,15H,5-6,8-9H2,1H3,(H,16,17);1H. The highest BCUT2D eigenvalue weighted by molar-refractivity contribution is 5.89. The number of carbonyl (C=O) groups is 2. The summed E-state index contributed by atoms with van der Waals surface area (Å²) in [6.07, 6.45) is 0.705. The van der Waals surface area contributed by atoms with Gasteiger partial charge in [0.2, 0.25) is 5.91 Å². The highest BCUT2D eigenvalue weighted by Crippen LogP contribution is 2.07. The summed E-state index contributed by atoms with van der Waals surface area (Å²) in [6, 6.07) is 7.26. The molecule has 0 bridgehead atoms. The molecular formula is C14H19ClN2O3. The number of amides is 1. The first-order valence-electron chi connectivity index (χ1n) is 6.36. The molecule has 1 amide bonds. The van der Waals surface area contributed by atoms with Gasteiger partial charge in [0.05, 0.1) is 18.6 Å². The Hall–Kier alpha value is -1.59. The maximum atomic E-state index is 11.6. The van der Waals surface area contributed by atoms with Gasteiger partial charge in [-0.25, -0.2) is 4.79 Å². The van der Waals surface area contributed by atoms with Crippen molar-refractivity contribution in [1.29, 1.82) is 0 Å². The zero-order chi connectivity index (χ0) is 13.7. The van der Waals surface area contributed by atoms with E-state index in [0.717, 1.165) is 18.7 Å². The average Bonchev–Trinajstić information content (AvgIpc) is 2.36. The largest absolute Gasteiger partial charge is 0.465 e. The summed E-state index contributed by atoms with van der Waals surface area (Å²) in [5, 5.41) is 5.97. The zero-order valence-electron chi connectivity index (χ0n) is 11.3. The fourth-order valence-corrected chi connectivity index (χ4v) is 1.92. The van der Waals surface area contributed by atoms with E-state index >= 15 is 0 Å². The number of methoxy groups -OCH3 is 1. The van der Waals surface area contributed by atoms with E-state index in [9.17, 15) is 9.59 Å². The first-order chi connectivity index (χ1) is 9.20. The lowest BCUT2D eigenvalue weighted by atomic mass is 10.0. The highest BCUT2D eigenvalue weighted by atomic mass is 35.5. The predicted molar refractivity (Wildman–Crippen MR) is 78.1 cm³/mol. The van der Waals surface area contributed by atoms with E-state index in [1.165, 1.54) is 7.11 Å². The molecule has 0 unspecified atom stereocenters. The van der Waals surface area contributed by atoms with Gasteiger partial charge < -0.3 is 15.4 Å². The third kappa shape index (κ3) is 4.21. The van der Waals surface area contributed by atoms with Gasteiger partial charge in [-0.2, -0.15) is 0 Å². The van der Waals surface area contributed by atoms with Crippen LogP contribution in [-0.2, 0) is 16.0 Å². The minimum absolute atomic E-state index is 0. The topological polar surface area (TPSA) is 67.4 Å². The summed E-state index contributed by atoms with van der Waals surface area (Å²) < 4.78 is 4.67. The fraction of sp³-hybridized carbons (Fsp3) is 0.429. The number of benzene rings is 1. The maximum absolute atomic E-state index is 11.6. The average molecular weight is 299 g/mol. The van der Waals surface area contributed by atoms with Gasteiger partial charge in [-0.3, -0.25) is 4.79 Å². The molecule has 20 heavy (non-hydrogen) atoms. The van der Waals surface area contributed by atoms with Crippen molar-refractivity contribution >= 4 is 24.3 Å². The molecule has 0 atom stereocenters. The Morgan fingerprint density at radius 2 is 2.15 bits per heavy atom. The first-order valence-corrected chi connectivity index (χ1v) is 6.36. The number of esters is 1. The number of carbonyl (C=O) groups excluding carboxylic acids is 2. The summed E-state index contributed by atoms with van der Waals surface area (Å²) in [6.45, 7) is 2.12. The van der Waals surface area contributed by atoms with Crippen LogP contribution in [-0.4, -0.2) is 38.6 Å². The Bertz CT molecular complexity index is 475. The molecule has 110 valence electrons. The van der Waals surface area contributed by atoms with Crippen LogP contribution in [0.2, 0.25) is 0 Å². The quantitative estimate of drug-likeness (QED) is 0.788. The van der Waals surface area contributed by atoms with Crippen LogP contribution in [0.5, 0.6) is 0 Å². The lowest BCUT2D eigenvalue weighted by Crippen LogP contribution is -2.51. The minimum Gasteiger partial charge on any atom is -0.465 e. The molecular weight excluding hydrogens is 280 g/mol. The minimum atomic E-state index is -0.341. The molecule has 1 heterocycles. The van der Waals surface area contributed by atoms with Crippen molar-refractivity contribution in [3.63, 3.8) is 0 Å². The monoisotopic (exact) mass is 298 g/mol. The van der Waals surface area contributed by atoms with Gasteiger partial charge in [-0.15, -0.1) is 12.4 Å². The second-order valence-corrected chi connectivity index (χ2v) is 4.59. The molecule has 2 rings (SSSR count). The number of halogens is 1. The zero-order valence-corrected chi connectivity index (χ0v) is 12.2. The van der Waals surface area contributed by atoms with Crippen molar-refractivity contribution in [2.75, 3.05) is 26.7 Å². The molecule has 1 aliphatic rings. The van der Waals surface area contributed by atoms with Crippen molar-refractivity contribution < 1.29 is 14.3 Å². The number of nitrogens with one attached hydrogen (secondary N) is 2. The second kappa shape index (κ2) is 7.87. The van der Waals surface area contributed by atoms with Crippen LogP contribution in [0.3, 0.4) is 0 Å². The van der Waals surface area contributed by atoms with Gasteiger partial charge in [0.25, 0.3) is 0 Å². The van der Waals surface area contributed by atoms with Crippen LogP contribution in [0, 0.1) is 5.92 Å².